The Labute approximate surface area is 169 Å². The van der Waals surface area contributed by atoms with E-state index < -0.39 is 0 Å². The molecule has 4 fully saturated rings. The zero-order valence-corrected chi connectivity index (χ0v) is 18.1. The van der Waals surface area contributed by atoms with Crippen molar-refractivity contribution in [2.45, 2.75) is 141 Å². The van der Waals surface area contributed by atoms with Crippen molar-refractivity contribution in [3.63, 3.8) is 0 Å². The van der Waals surface area contributed by atoms with Crippen molar-refractivity contribution in [3.8, 4) is 0 Å². The molecule has 0 atom stereocenters. The minimum atomic E-state index is 0.861. The second-order valence-electron chi connectivity index (χ2n) is 10.8. The molecule has 0 spiro atoms. The average Bonchev–Trinajstić information content (AvgIpc) is 2.77. The molecule has 0 radical (unpaired) electrons. The van der Waals surface area contributed by atoms with Gasteiger partial charge in [0, 0.05) is 12.1 Å². The van der Waals surface area contributed by atoms with Crippen molar-refractivity contribution in [1.82, 2.24) is 5.32 Å². The SMILES string of the molecule is C1CCC(C(NC(C2CCCCC2)C2CCCCC2)C2CCCCC2)CC1. The van der Waals surface area contributed by atoms with Gasteiger partial charge in [0.05, 0.1) is 0 Å². The molecular formula is C26H47N. The van der Waals surface area contributed by atoms with Crippen LogP contribution in [0.5, 0.6) is 0 Å². The summed E-state index contributed by atoms with van der Waals surface area (Å²) in [6.45, 7) is 0. The molecule has 0 unspecified atom stereocenters. The molecular weight excluding hydrogens is 326 g/mol. The summed E-state index contributed by atoms with van der Waals surface area (Å²) < 4.78 is 0. The maximum absolute atomic E-state index is 4.53. The Bertz CT molecular complexity index is 320. The van der Waals surface area contributed by atoms with Crippen molar-refractivity contribution < 1.29 is 0 Å². The third-order valence-corrected chi connectivity index (χ3v) is 9.02. The highest BCUT2D eigenvalue weighted by Crippen LogP contribution is 2.40. The fraction of sp³-hybridized carbons (Fsp3) is 1.00. The minimum absolute atomic E-state index is 0.861. The number of nitrogens with one attached hydrogen (secondary N) is 1. The summed E-state index contributed by atoms with van der Waals surface area (Å²) in [5.41, 5.74) is 0. The van der Waals surface area contributed by atoms with Crippen LogP contribution in [0.4, 0.5) is 0 Å². The van der Waals surface area contributed by atoms with Crippen LogP contribution in [0.25, 0.3) is 0 Å². The van der Waals surface area contributed by atoms with Gasteiger partial charge in [-0.15, -0.1) is 0 Å². The van der Waals surface area contributed by atoms with Crippen LogP contribution in [0, 0.1) is 23.7 Å². The van der Waals surface area contributed by atoms with Gasteiger partial charge in [0.25, 0.3) is 0 Å². The molecule has 0 aromatic rings. The average molecular weight is 374 g/mol. The van der Waals surface area contributed by atoms with Crippen LogP contribution >= 0.6 is 0 Å². The van der Waals surface area contributed by atoms with Gasteiger partial charge in [-0.1, -0.05) is 77.0 Å². The summed E-state index contributed by atoms with van der Waals surface area (Å²) in [5.74, 6) is 3.99. The van der Waals surface area contributed by atoms with E-state index in [-0.39, 0.29) is 0 Å². The monoisotopic (exact) mass is 373 g/mol. The van der Waals surface area contributed by atoms with E-state index in [2.05, 4.69) is 5.32 Å². The Hall–Kier alpha value is -0.0400. The first-order valence-corrected chi connectivity index (χ1v) is 13.2. The molecule has 1 heteroatoms. The van der Waals surface area contributed by atoms with E-state index in [0.29, 0.717) is 0 Å². The van der Waals surface area contributed by atoms with Crippen LogP contribution in [0.3, 0.4) is 0 Å². The van der Waals surface area contributed by atoms with Gasteiger partial charge in [0.2, 0.25) is 0 Å². The van der Waals surface area contributed by atoms with Crippen molar-refractivity contribution in [1.29, 1.82) is 0 Å². The maximum atomic E-state index is 4.53. The molecule has 4 aliphatic rings. The highest BCUT2D eigenvalue weighted by molar-refractivity contribution is 4.94. The Balaban J connectivity index is 1.49. The summed E-state index contributed by atoms with van der Waals surface area (Å²) in [5, 5.41) is 4.53. The molecule has 0 aromatic carbocycles. The summed E-state index contributed by atoms with van der Waals surface area (Å²) in [7, 11) is 0. The Morgan fingerprint density at radius 3 is 0.778 bits per heavy atom. The van der Waals surface area contributed by atoms with E-state index in [0.717, 1.165) is 35.8 Å². The van der Waals surface area contributed by atoms with Gasteiger partial charge < -0.3 is 5.32 Å². The summed E-state index contributed by atoms with van der Waals surface area (Å²) in [6, 6.07) is 1.72. The third kappa shape index (κ3) is 5.52. The normalized spacial score (nSPS) is 28.2. The molecule has 4 saturated carbocycles. The van der Waals surface area contributed by atoms with Crippen molar-refractivity contribution in [2.24, 2.45) is 23.7 Å². The number of hydrogen-bond acceptors (Lipinski definition) is 1. The van der Waals surface area contributed by atoms with Gasteiger partial charge >= 0.3 is 0 Å². The highest BCUT2D eigenvalue weighted by atomic mass is 15.0. The van der Waals surface area contributed by atoms with Crippen molar-refractivity contribution >= 4 is 0 Å². The number of hydrogen-bond donors (Lipinski definition) is 1. The fourth-order valence-electron chi connectivity index (χ4n) is 7.51. The van der Waals surface area contributed by atoms with Crippen LogP contribution in [0.1, 0.15) is 128 Å². The topological polar surface area (TPSA) is 12.0 Å². The molecule has 1 N–H and O–H groups in total. The molecule has 0 saturated heterocycles. The third-order valence-electron chi connectivity index (χ3n) is 9.02. The molecule has 0 amide bonds. The summed E-state index contributed by atoms with van der Waals surface area (Å²) in [6.07, 6.45) is 30.3. The van der Waals surface area contributed by atoms with E-state index >= 15 is 0 Å². The van der Waals surface area contributed by atoms with Gasteiger partial charge in [-0.05, 0) is 75.0 Å². The summed E-state index contributed by atoms with van der Waals surface area (Å²) in [4.78, 5) is 0. The molecule has 156 valence electrons. The Kier molecular flexibility index (Phi) is 7.99. The zero-order chi connectivity index (χ0) is 18.3. The van der Waals surface area contributed by atoms with E-state index in [4.69, 9.17) is 0 Å². The first kappa shape index (κ1) is 20.2. The fourth-order valence-corrected chi connectivity index (χ4v) is 7.51. The molecule has 0 heterocycles. The van der Waals surface area contributed by atoms with Crippen LogP contribution < -0.4 is 5.32 Å². The van der Waals surface area contributed by atoms with Crippen LogP contribution in [0.15, 0.2) is 0 Å². The highest BCUT2D eigenvalue weighted by Gasteiger charge is 2.38. The van der Waals surface area contributed by atoms with E-state index in [1.54, 1.807) is 0 Å². The Morgan fingerprint density at radius 2 is 0.556 bits per heavy atom. The standard InChI is InChI=1S/C26H47N/c1-5-13-21(14-6-1)25(22-15-7-2-8-16-22)27-26(23-17-9-3-10-18-23)24-19-11-4-12-20-24/h21-27H,1-20H2. The predicted molar refractivity (Wildman–Crippen MR) is 117 cm³/mol. The lowest BCUT2D eigenvalue weighted by molar-refractivity contribution is 0.102. The summed E-state index contributed by atoms with van der Waals surface area (Å²) >= 11 is 0. The van der Waals surface area contributed by atoms with E-state index in [1.165, 1.54) is 128 Å². The first-order valence-electron chi connectivity index (χ1n) is 13.2. The van der Waals surface area contributed by atoms with Crippen LogP contribution in [0.2, 0.25) is 0 Å². The van der Waals surface area contributed by atoms with Gasteiger partial charge in [0.15, 0.2) is 0 Å². The van der Waals surface area contributed by atoms with E-state index in [9.17, 15) is 0 Å². The molecule has 0 aromatic heterocycles. The molecule has 4 aliphatic carbocycles. The van der Waals surface area contributed by atoms with Gasteiger partial charge in [0.1, 0.15) is 0 Å². The lowest BCUT2D eigenvalue weighted by atomic mass is 9.70. The predicted octanol–water partition coefficient (Wildman–Crippen LogP) is 7.63. The molecule has 1 nitrogen and oxygen atoms in total. The molecule has 4 rings (SSSR count). The second-order valence-corrected chi connectivity index (χ2v) is 10.8. The quantitative estimate of drug-likeness (QED) is 0.504. The molecule has 0 bridgehead atoms. The molecule has 27 heavy (non-hydrogen) atoms. The van der Waals surface area contributed by atoms with Gasteiger partial charge in [-0.3, -0.25) is 0 Å². The largest absolute Gasteiger partial charge is 0.310 e. The molecule has 0 aliphatic heterocycles. The van der Waals surface area contributed by atoms with Crippen LogP contribution in [-0.2, 0) is 0 Å². The second kappa shape index (κ2) is 10.7. The van der Waals surface area contributed by atoms with Crippen molar-refractivity contribution in [2.75, 3.05) is 0 Å². The lowest BCUT2D eigenvalue weighted by Crippen LogP contribution is -2.54. The van der Waals surface area contributed by atoms with Crippen LogP contribution in [-0.4, -0.2) is 12.1 Å². The Morgan fingerprint density at radius 1 is 0.333 bits per heavy atom. The van der Waals surface area contributed by atoms with Gasteiger partial charge in [-0.25, -0.2) is 0 Å². The van der Waals surface area contributed by atoms with Gasteiger partial charge in [-0.2, -0.15) is 0 Å². The smallest absolute Gasteiger partial charge is 0.0126 e. The first-order chi connectivity index (χ1) is 13.4. The van der Waals surface area contributed by atoms with E-state index in [1.807, 2.05) is 0 Å². The maximum Gasteiger partial charge on any atom is 0.0126 e. The van der Waals surface area contributed by atoms with Crippen molar-refractivity contribution in [3.05, 3.63) is 0 Å². The zero-order valence-electron chi connectivity index (χ0n) is 18.1. The lowest BCUT2D eigenvalue weighted by Gasteiger charge is -2.45. The number of rotatable bonds is 6. The minimum Gasteiger partial charge on any atom is -0.310 e.